The molecule has 4 rings (SSSR count). The monoisotopic (exact) mass is 433 g/mol. The molecule has 0 radical (unpaired) electrons. The molecule has 10 heteroatoms. The lowest BCUT2D eigenvalue weighted by atomic mass is 10.1. The first kappa shape index (κ1) is 20.9. The van der Waals surface area contributed by atoms with Crippen LogP contribution in [0.15, 0.2) is 54.6 Å². The van der Waals surface area contributed by atoms with E-state index in [9.17, 15) is 24.5 Å². The minimum atomic E-state index is -0.486. The number of hydrogen-bond acceptors (Lipinski definition) is 6. The summed E-state index contributed by atoms with van der Waals surface area (Å²) in [4.78, 5) is 47.9. The molecular weight excluding hydrogens is 414 g/mol. The number of hydrogen-bond donors (Lipinski definition) is 1. The molecule has 2 heterocycles. The summed E-state index contributed by atoms with van der Waals surface area (Å²) >= 11 is 0. The number of aryl methyl sites for hydroxylation is 1. The van der Waals surface area contributed by atoms with Crippen LogP contribution in [-0.2, 0) is 16.1 Å². The zero-order valence-electron chi connectivity index (χ0n) is 17.1. The summed E-state index contributed by atoms with van der Waals surface area (Å²) in [7, 11) is 0. The van der Waals surface area contributed by atoms with Crippen LogP contribution in [0.25, 0.3) is 5.69 Å². The Morgan fingerprint density at radius 3 is 2.28 bits per heavy atom. The van der Waals surface area contributed by atoms with E-state index in [4.69, 9.17) is 0 Å². The van der Waals surface area contributed by atoms with Crippen molar-refractivity contribution in [3.05, 3.63) is 81.5 Å². The Balaban J connectivity index is 1.49. The summed E-state index contributed by atoms with van der Waals surface area (Å²) in [6.07, 6.45) is 0.475. The first-order valence-electron chi connectivity index (χ1n) is 9.87. The summed E-state index contributed by atoms with van der Waals surface area (Å²) in [5.74, 6) is -0.329. The van der Waals surface area contributed by atoms with Crippen LogP contribution < -0.4 is 5.32 Å². The molecule has 1 fully saturated rings. The second-order valence-corrected chi connectivity index (χ2v) is 7.38. The van der Waals surface area contributed by atoms with Gasteiger partial charge in [0.05, 0.1) is 22.8 Å². The zero-order chi connectivity index (χ0) is 22.8. The molecule has 10 nitrogen and oxygen atoms in total. The Morgan fingerprint density at radius 2 is 1.69 bits per heavy atom. The highest BCUT2D eigenvalue weighted by molar-refractivity contribution is 6.04. The van der Waals surface area contributed by atoms with Gasteiger partial charge in [0, 0.05) is 36.6 Å². The molecule has 3 amide bonds. The highest BCUT2D eigenvalue weighted by Gasteiger charge is 2.28. The number of nitrogens with one attached hydrogen (secondary N) is 1. The lowest BCUT2D eigenvalue weighted by Crippen LogP contribution is -2.28. The van der Waals surface area contributed by atoms with E-state index in [-0.39, 0.29) is 42.8 Å². The van der Waals surface area contributed by atoms with Crippen molar-refractivity contribution < 1.29 is 19.3 Å². The molecule has 162 valence electrons. The van der Waals surface area contributed by atoms with E-state index in [0.29, 0.717) is 22.8 Å². The topological polar surface area (TPSA) is 127 Å². The standard InChI is InChI=1S/C22H19N5O5/c1-14-12-19(26(24-14)17-6-8-18(9-7-17)27(31)32)23-22(30)16-4-2-15(3-5-16)13-25-20(28)10-11-21(25)29/h2-9,12H,10-11,13H2,1H3,(H,23,30). The van der Waals surface area contributed by atoms with Crippen LogP contribution in [-0.4, -0.2) is 37.3 Å². The van der Waals surface area contributed by atoms with Crippen LogP contribution in [0.2, 0.25) is 0 Å². The first-order valence-corrected chi connectivity index (χ1v) is 9.87. The second kappa shape index (κ2) is 8.42. The van der Waals surface area contributed by atoms with Gasteiger partial charge in [-0.25, -0.2) is 4.68 Å². The molecule has 1 aliphatic rings. The van der Waals surface area contributed by atoms with Crippen molar-refractivity contribution in [1.82, 2.24) is 14.7 Å². The highest BCUT2D eigenvalue weighted by Crippen LogP contribution is 2.21. The molecule has 0 atom stereocenters. The van der Waals surface area contributed by atoms with Crippen molar-refractivity contribution in [2.75, 3.05) is 5.32 Å². The van der Waals surface area contributed by atoms with Crippen LogP contribution in [0.1, 0.15) is 34.5 Å². The zero-order valence-corrected chi connectivity index (χ0v) is 17.1. The maximum Gasteiger partial charge on any atom is 0.269 e. The molecule has 0 unspecified atom stereocenters. The van der Waals surface area contributed by atoms with E-state index >= 15 is 0 Å². The Morgan fingerprint density at radius 1 is 1.06 bits per heavy atom. The van der Waals surface area contributed by atoms with Gasteiger partial charge in [-0.2, -0.15) is 5.10 Å². The summed E-state index contributed by atoms with van der Waals surface area (Å²) in [6, 6.07) is 14.2. The average molecular weight is 433 g/mol. The number of amides is 3. The number of nitrogens with zero attached hydrogens (tertiary/aromatic N) is 4. The van der Waals surface area contributed by atoms with Gasteiger partial charge in [0.2, 0.25) is 11.8 Å². The fraction of sp³-hybridized carbons (Fsp3) is 0.182. The molecule has 1 aliphatic heterocycles. The van der Waals surface area contributed by atoms with Crippen molar-refractivity contribution in [1.29, 1.82) is 0 Å². The maximum atomic E-state index is 12.8. The van der Waals surface area contributed by atoms with Gasteiger partial charge in [-0.1, -0.05) is 12.1 Å². The fourth-order valence-corrected chi connectivity index (χ4v) is 3.43. The van der Waals surface area contributed by atoms with Crippen LogP contribution >= 0.6 is 0 Å². The van der Waals surface area contributed by atoms with Gasteiger partial charge < -0.3 is 5.32 Å². The third kappa shape index (κ3) is 4.24. The van der Waals surface area contributed by atoms with E-state index in [0.717, 1.165) is 5.56 Å². The Labute approximate surface area is 182 Å². The van der Waals surface area contributed by atoms with Crippen LogP contribution in [0.4, 0.5) is 11.5 Å². The molecule has 3 aromatic rings. The maximum absolute atomic E-state index is 12.8. The number of rotatable bonds is 6. The quantitative estimate of drug-likeness (QED) is 0.362. The Bertz CT molecular complexity index is 1200. The Hall–Kier alpha value is -4.34. The molecule has 32 heavy (non-hydrogen) atoms. The molecule has 1 saturated heterocycles. The highest BCUT2D eigenvalue weighted by atomic mass is 16.6. The van der Waals surface area contributed by atoms with Gasteiger partial charge in [0.25, 0.3) is 11.6 Å². The number of benzene rings is 2. The fourth-order valence-electron chi connectivity index (χ4n) is 3.43. The summed E-state index contributed by atoms with van der Waals surface area (Å²) in [5, 5.41) is 18.0. The van der Waals surface area contributed by atoms with Crippen molar-refractivity contribution in [2.24, 2.45) is 0 Å². The number of non-ortho nitro benzene ring substituents is 1. The molecule has 0 spiro atoms. The van der Waals surface area contributed by atoms with Gasteiger partial charge >= 0.3 is 0 Å². The molecule has 0 aliphatic carbocycles. The molecule has 1 N–H and O–H groups in total. The number of aromatic nitrogens is 2. The normalized spacial score (nSPS) is 13.5. The van der Waals surface area contributed by atoms with Gasteiger partial charge in [-0.05, 0) is 36.8 Å². The Kier molecular flexibility index (Phi) is 5.50. The summed E-state index contributed by atoms with van der Waals surface area (Å²) in [6.45, 7) is 1.96. The van der Waals surface area contributed by atoms with Gasteiger partial charge in [-0.3, -0.25) is 29.4 Å². The minimum Gasteiger partial charge on any atom is -0.306 e. The van der Waals surface area contributed by atoms with Crippen LogP contribution in [0, 0.1) is 17.0 Å². The first-order chi connectivity index (χ1) is 15.3. The van der Waals surface area contributed by atoms with Crippen molar-refractivity contribution in [3.63, 3.8) is 0 Å². The second-order valence-electron chi connectivity index (χ2n) is 7.38. The molecular formula is C22H19N5O5. The number of carbonyl (C=O) groups is 3. The smallest absolute Gasteiger partial charge is 0.269 e. The van der Waals surface area contributed by atoms with Crippen LogP contribution in [0.5, 0.6) is 0 Å². The largest absolute Gasteiger partial charge is 0.306 e. The predicted molar refractivity (Wildman–Crippen MR) is 114 cm³/mol. The molecule has 0 saturated carbocycles. The lowest BCUT2D eigenvalue weighted by molar-refractivity contribution is -0.384. The number of likely N-dealkylation sites (tertiary alicyclic amines) is 1. The van der Waals surface area contributed by atoms with Crippen molar-refractivity contribution in [2.45, 2.75) is 26.3 Å². The number of imide groups is 1. The SMILES string of the molecule is Cc1cc(NC(=O)c2ccc(CN3C(=O)CCC3=O)cc2)n(-c2ccc([N+](=O)[O-])cc2)n1. The average Bonchev–Trinajstić information content (AvgIpc) is 3.30. The summed E-state index contributed by atoms with van der Waals surface area (Å²) < 4.78 is 1.50. The van der Waals surface area contributed by atoms with E-state index in [1.54, 1.807) is 49.4 Å². The number of nitro benzene ring substituents is 1. The molecule has 0 bridgehead atoms. The van der Waals surface area contributed by atoms with E-state index < -0.39 is 4.92 Å². The lowest BCUT2D eigenvalue weighted by Gasteiger charge is -2.14. The van der Waals surface area contributed by atoms with Gasteiger partial charge in [-0.15, -0.1) is 0 Å². The minimum absolute atomic E-state index is 0.0411. The molecule has 1 aromatic heterocycles. The van der Waals surface area contributed by atoms with Gasteiger partial charge in [0.15, 0.2) is 0 Å². The third-order valence-corrected chi connectivity index (χ3v) is 5.09. The van der Waals surface area contributed by atoms with E-state index in [2.05, 4.69) is 10.4 Å². The van der Waals surface area contributed by atoms with E-state index in [1.807, 2.05) is 0 Å². The number of carbonyl (C=O) groups excluding carboxylic acids is 3. The summed E-state index contributed by atoms with van der Waals surface area (Å²) in [5.41, 5.74) is 2.32. The van der Waals surface area contributed by atoms with Crippen LogP contribution in [0.3, 0.4) is 0 Å². The number of anilines is 1. The third-order valence-electron chi connectivity index (χ3n) is 5.09. The number of nitro groups is 1. The van der Waals surface area contributed by atoms with Crippen molar-refractivity contribution in [3.8, 4) is 5.69 Å². The predicted octanol–water partition coefficient (Wildman–Crippen LogP) is 2.99. The molecule has 2 aromatic carbocycles. The van der Waals surface area contributed by atoms with Crippen molar-refractivity contribution >= 4 is 29.2 Å². The van der Waals surface area contributed by atoms with E-state index in [1.165, 1.54) is 21.7 Å². The van der Waals surface area contributed by atoms with Gasteiger partial charge in [0.1, 0.15) is 5.82 Å².